The van der Waals surface area contributed by atoms with E-state index in [-0.39, 0.29) is 5.92 Å². The van der Waals surface area contributed by atoms with E-state index in [1.54, 1.807) is 0 Å². The van der Waals surface area contributed by atoms with Crippen molar-refractivity contribution in [3.63, 3.8) is 0 Å². The zero-order chi connectivity index (χ0) is 19.6. The Morgan fingerprint density at radius 2 is 1.93 bits per heavy atom. The number of piperidine rings is 3. The number of hydrogen-bond acceptors (Lipinski definition) is 4. The summed E-state index contributed by atoms with van der Waals surface area (Å²) in [6, 6.07) is 11.1. The molecule has 29 heavy (non-hydrogen) atoms. The number of aromatic nitrogens is 3. The Balaban J connectivity index is 1.19. The van der Waals surface area contributed by atoms with Crippen LogP contribution >= 0.6 is 0 Å². The molecule has 2 bridgehead atoms. The molecule has 3 saturated heterocycles. The molecule has 1 aliphatic carbocycles. The Hall–Kier alpha value is -2.21. The number of fused-ring (bicyclic) bond motifs is 3. The van der Waals surface area contributed by atoms with Crippen molar-refractivity contribution in [1.29, 1.82) is 0 Å². The van der Waals surface area contributed by atoms with Crippen molar-refractivity contribution in [2.45, 2.75) is 63.6 Å². The van der Waals surface area contributed by atoms with Crippen LogP contribution in [0.2, 0.25) is 0 Å². The van der Waals surface area contributed by atoms with Gasteiger partial charge in [0.1, 0.15) is 5.69 Å². The number of nitrogens with zero attached hydrogens (tertiary/aromatic N) is 4. The molecule has 3 aliphatic heterocycles. The molecule has 154 valence electrons. The van der Waals surface area contributed by atoms with Gasteiger partial charge >= 0.3 is 0 Å². The quantitative estimate of drug-likeness (QED) is 0.848. The molecular formula is C23H31N5O. The number of carbonyl (C=O) groups is 1. The van der Waals surface area contributed by atoms with Gasteiger partial charge in [-0.15, -0.1) is 5.10 Å². The second kappa shape index (κ2) is 8.27. The van der Waals surface area contributed by atoms with Crippen LogP contribution in [0.15, 0.2) is 36.5 Å². The van der Waals surface area contributed by atoms with E-state index in [1.807, 2.05) is 29.1 Å². The van der Waals surface area contributed by atoms with Gasteiger partial charge in [-0.2, -0.15) is 0 Å². The van der Waals surface area contributed by atoms with Crippen LogP contribution in [0.4, 0.5) is 0 Å². The van der Waals surface area contributed by atoms with Crippen molar-refractivity contribution in [3.05, 3.63) is 36.5 Å². The maximum atomic E-state index is 12.9. The van der Waals surface area contributed by atoms with Gasteiger partial charge in [0, 0.05) is 24.2 Å². The summed E-state index contributed by atoms with van der Waals surface area (Å²) in [7, 11) is 0. The molecule has 2 aromatic rings. The Bertz CT molecular complexity index is 829. The first-order chi connectivity index (χ1) is 14.3. The van der Waals surface area contributed by atoms with Gasteiger partial charge in [-0.3, -0.25) is 14.4 Å². The topological polar surface area (TPSA) is 63.1 Å². The van der Waals surface area contributed by atoms with Crippen LogP contribution in [-0.4, -0.2) is 51.0 Å². The van der Waals surface area contributed by atoms with Crippen LogP contribution in [0.3, 0.4) is 0 Å². The summed E-state index contributed by atoms with van der Waals surface area (Å²) < 4.78 is 1.98. The van der Waals surface area contributed by atoms with Gasteiger partial charge in [-0.05, 0) is 38.1 Å². The van der Waals surface area contributed by atoms with Crippen molar-refractivity contribution in [2.75, 3.05) is 13.1 Å². The minimum Gasteiger partial charge on any atom is -0.353 e. The van der Waals surface area contributed by atoms with Gasteiger partial charge in [0.05, 0.1) is 18.7 Å². The summed E-state index contributed by atoms with van der Waals surface area (Å²) >= 11 is 0. The number of rotatable bonds is 5. The maximum absolute atomic E-state index is 12.9. The molecule has 0 spiro atoms. The molecule has 6 heteroatoms. The molecule has 4 heterocycles. The highest BCUT2D eigenvalue weighted by Crippen LogP contribution is 2.37. The second-order valence-electron chi connectivity index (χ2n) is 9.08. The molecule has 4 aliphatic rings. The third-order valence-corrected chi connectivity index (χ3v) is 7.17. The van der Waals surface area contributed by atoms with Gasteiger partial charge in [0.15, 0.2) is 0 Å². The van der Waals surface area contributed by atoms with Crippen LogP contribution in [0.1, 0.15) is 44.9 Å². The van der Waals surface area contributed by atoms with Crippen molar-refractivity contribution >= 4 is 5.91 Å². The SMILES string of the molecule is O=C(NC1CCCCC1)[C@H]1CN2CC[C@@H]1C[C@@H]2Cn1cc(-c2ccccc2)nn1. The van der Waals surface area contributed by atoms with Crippen LogP contribution in [0, 0.1) is 11.8 Å². The highest BCUT2D eigenvalue weighted by atomic mass is 16.2. The number of nitrogens with one attached hydrogen (secondary N) is 1. The average Bonchev–Trinajstić information content (AvgIpc) is 3.24. The predicted octanol–water partition coefficient (Wildman–Crippen LogP) is 3.10. The van der Waals surface area contributed by atoms with Crippen LogP contribution < -0.4 is 5.32 Å². The fourth-order valence-electron chi connectivity index (χ4n) is 5.53. The minimum atomic E-state index is 0.164. The Morgan fingerprint density at radius 1 is 1.10 bits per heavy atom. The number of hydrogen-bond donors (Lipinski definition) is 1. The van der Waals surface area contributed by atoms with E-state index in [0.717, 1.165) is 56.6 Å². The molecule has 1 saturated carbocycles. The molecule has 1 unspecified atom stereocenters. The standard InChI is InChI=1S/C23H31N5O/c29-23(24-19-9-5-2-6-10-19)21-15-27-12-11-18(21)13-20(27)14-28-16-22(25-26-28)17-7-3-1-4-8-17/h1,3-4,7-8,16,18-21H,2,5-6,9-15H2,(H,24,29)/t18-,20-,21+/m1/s1. The molecule has 6 nitrogen and oxygen atoms in total. The Morgan fingerprint density at radius 3 is 2.69 bits per heavy atom. The molecule has 4 atom stereocenters. The summed E-state index contributed by atoms with van der Waals surface area (Å²) in [6.07, 6.45) is 10.4. The molecule has 6 rings (SSSR count). The monoisotopic (exact) mass is 393 g/mol. The summed E-state index contributed by atoms with van der Waals surface area (Å²) in [5.41, 5.74) is 2.02. The summed E-state index contributed by atoms with van der Waals surface area (Å²) in [5, 5.41) is 12.1. The molecule has 0 radical (unpaired) electrons. The van der Waals surface area contributed by atoms with Crippen molar-refractivity contribution in [3.8, 4) is 11.3 Å². The minimum absolute atomic E-state index is 0.164. The number of benzene rings is 1. The second-order valence-corrected chi connectivity index (χ2v) is 9.08. The first-order valence-corrected chi connectivity index (χ1v) is 11.3. The lowest BCUT2D eigenvalue weighted by molar-refractivity contribution is -0.134. The van der Waals surface area contributed by atoms with E-state index in [9.17, 15) is 4.79 Å². The Kier molecular flexibility index (Phi) is 5.36. The summed E-state index contributed by atoms with van der Waals surface area (Å²) in [4.78, 5) is 15.4. The van der Waals surface area contributed by atoms with Gasteiger partial charge in [0.2, 0.25) is 5.91 Å². The van der Waals surface area contributed by atoms with Crippen LogP contribution in [-0.2, 0) is 11.3 Å². The lowest BCUT2D eigenvalue weighted by Crippen LogP contribution is -2.58. The van der Waals surface area contributed by atoms with E-state index in [4.69, 9.17) is 0 Å². The largest absolute Gasteiger partial charge is 0.353 e. The first kappa shape index (κ1) is 18.8. The first-order valence-electron chi connectivity index (χ1n) is 11.3. The molecule has 1 N–H and O–H groups in total. The highest BCUT2D eigenvalue weighted by Gasteiger charge is 2.43. The van der Waals surface area contributed by atoms with E-state index in [0.29, 0.717) is 23.9 Å². The maximum Gasteiger partial charge on any atom is 0.224 e. The highest BCUT2D eigenvalue weighted by molar-refractivity contribution is 5.79. The normalized spacial score (nSPS) is 29.7. The van der Waals surface area contributed by atoms with Crippen LogP contribution in [0.25, 0.3) is 11.3 Å². The molecule has 1 aromatic heterocycles. The zero-order valence-corrected chi connectivity index (χ0v) is 17.0. The van der Waals surface area contributed by atoms with E-state index >= 15 is 0 Å². The number of carbonyl (C=O) groups excluding carboxylic acids is 1. The van der Waals surface area contributed by atoms with E-state index in [2.05, 4.69) is 32.7 Å². The van der Waals surface area contributed by atoms with Gasteiger partial charge in [-0.25, -0.2) is 0 Å². The smallest absolute Gasteiger partial charge is 0.224 e. The van der Waals surface area contributed by atoms with Crippen molar-refractivity contribution in [2.24, 2.45) is 11.8 Å². The zero-order valence-electron chi connectivity index (χ0n) is 17.0. The van der Waals surface area contributed by atoms with E-state index < -0.39 is 0 Å². The predicted molar refractivity (Wildman–Crippen MR) is 112 cm³/mol. The number of amides is 1. The molecule has 1 amide bonds. The summed E-state index contributed by atoms with van der Waals surface area (Å²) in [6.45, 7) is 2.85. The lowest BCUT2D eigenvalue weighted by Gasteiger charge is -2.49. The summed E-state index contributed by atoms with van der Waals surface area (Å²) in [5.74, 6) is 0.973. The van der Waals surface area contributed by atoms with Gasteiger partial charge in [0.25, 0.3) is 0 Å². The lowest BCUT2D eigenvalue weighted by atomic mass is 9.75. The fraction of sp³-hybridized carbons (Fsp3) is 0.609. The molecule has 1 aromatic carbocycles. The van der Waals surface area contributed by atoms with Crippen molar-refractivity contribution in [1.82, 2.24) is 25.2 Å². The Labute approximate surface area is 172 Å². The molecule has 4 fully saturated rings. The van der Waals surface area contributed by atoms with Gasteiger partial charge in [-0.1, -0.05) is 54.8 Å². The third kappa shape index (κ3) is 4.08. The van der Waals surface area contributed by atoms with Gasteiger partial charge < -0.3 is 5.32 Å². The fourth-order valence-corrected chi connectivity index (χ4v) is 5.53. The van der Waals surface area contributed by atoms with Crippen LogP contribution in [0.5, 0.6) is 0 Å². The van der Waals surface area contributed by atoms with Crippen molar-refractivity contribution < 1.29 is 4.79 Å². The third-order valence-electron chi connectivity index (χ3n) is 7.17. The van der Waals surface area contributed by atoms with E-state index in [1.165, 1.54) is 19.3 Å². The molecular weight excluding hydrogens is 362 g/mol. The average molecular weight is 394 g/mol.